The highest BCUT2D eigenvalue weighted by Crippen LogP contribution is 2.30. The third-order valence-electron chi connectivity index (χ3n) is 2.19. The van der Waals surface area contributed by atoms with Crippen molar-refractivity contribution >= 4 is 5.69 Å². The van der Waals surface area contributed by atoms with Crippen LogP contribution in [0.1, 0.15) is 0 Å². The minimum atomic E-state index is -4.73. The van der Waals surface area contributed by atoms with E-state index in [1.165, 1.54) is 18.2 Å². The third kappa shape index (κ3) is 3.80. The van der Waals surface area contributed by atoms with Crippen LogP contribution in [0.3, 0.4) is 0 Å². The van der Waals surface area contributed by atoms with E-state index >= 15 is 0 Å². The molecule has 2 aromatic rings. The van der Waals surface area contributed by atoms with E-state index in [0.717, 1.165) is 6.07 Å². The van der Waals surface area contributed by atoms with Gasteiger partial charge in [0.15, 0.2) is 0 Å². The van der Waals surface area contributed by atoms with E-state index in [2.05, 4.69) is 4.74 Å². The van der Waals surface area contributed by atoms with Gasteiger partial charge in [-0.1, -0.05) is 18.2 Å². The van der Waals surface area contributed by atoms with E-state index < -0.39 is 6.36 Å². The molecule has 0 saturated heterocycles. The summed E-state index contributed by atoms with van der Waals surface area (Å²) < 4.78 is 45.4. The lowest BCUT2D eigenvalue weighted by Crippen LogP contribution is -2.17. The molecule has 0 bridgehead atoms. The van der Waals surface area contributed by atoms with Crippen LogP contribution in [0.2, 0.25) is 0 Å². The van der Waals surface area contributed by atoms with Crippen LogP contribution in [-0.2, 0) is 0 Å². The summed E-state index contributed by atoms with van der Waals surface area (Å²) in [6.45, 7) is 0. The zero-order valence-electron chi connectivity index (χ0n) is 9.65. The van der Waals surface area contributed by atoms with Gasteiger partial charge < -0.3 is 15.2 Å². The van der Waals surface area contributed by atoms with Gasteiger partial charge in [-0.05, 0) is 24.3 Å². The Morgan fingerprint density at radius 3 is 2.26 bits per heavy atom. The summed E-state index contributed by atoms with van der Waals surface area (Å²) in [5, 5.41) is 0. The second-order valence-corrected chi connectivity index (χ2v) is 3.66. The predicted octanol–water partition coefficient (Wildman–Crippen LogP) is 3.96. The quantitative estimate of drug-likeness (QED) is 0.858. The molecule has 0 unspecified atom stereocenters. The van der Waals surface area contributed by atoms with Gasteiger partial charge in [0.1, 0.15) is 17.2 Å². The van der Waals surface area contributed by atoms with Crippen LogP contribution < -0.4 is 15.2 Å². The molecule has 2 N–H and O–H groups in total. The van der Waals surface area contributed by atoms with Crippen molar-refractivity contribution in [2.24, 2.45) is 0 Å². The van der Waals surface area contributed by atoms with E-state index in [1.54, 1.807) is 24.3 Å². The molecule has 0 atom stereocenters. The van der Waals surface area contributed by atoms with Crippen molar-refractivity contribution in [3.8, 4) is 17.2 Å². The molecule has 3 nitrogen and oxygen atoms in total. The van der Waals surface area contributed by atoms with Gasteiger partial charge in [0, 0.05) is 6.07 Å². The predicted molar refractivity (Wildman–Crippen MR) is 64.1 cm³/mol. The average molecular weight is 269 g/mol. The standard InChI is InChI=1S/C13H10F3NO2/c14-13(15,16)19-10-5-3-4-9(8-10)18-12-7-2-1-6-11(12)17/h1-8H,17H2. The molecule has 6 heteroatoms. The van der Waals surface area contributed by atoms with Crippen LogP contribution in [0.25, 0.3) is 0 Å². The average Bonchev–Trinajstić information content (AvgIpc) is 2.30. The second-order valence-electron chi connectivity index (χ2n) is 3.66. The Balaban J connectivity index is 2.18. The van der Waals surface area contributed by atoms with Crippen molar-refractivity contribution in [2.45, 2.75) is 6.36 Å². The van der Waals surface area contributed by atoms with Gasteiger partial charge in [0.05, 0.1) is 5.69 Å². The largest absolute Gasteiger partial charge is 0.573 e. The van der Waals surface area contributed by atoms with E-state index in [1.807, 2.05) is 0 Å². The molecule has 0 fully saturated rings. The van der Waals surface area contributed by atoms with E-state index in [0.29, 0.717) is 11.4 Å². The summed E-state index contributed by atoms with van der Waals surface area (Å²) in [4.78, 5) is 0. The van der Waals surface area contributed by atoms with E-state index in [-0.39, 0.29) is 11.5 Å². The number of hydrogen-bond acceptors (Lipinski definition) is 3. The molecule has 0 aromatic heterocycles. The summed E-state index contributed by atoms with van der Waals surface area (Å²) in [6, 6.07) is 11.9. The summed E-state index contributed by atoms with van der Waals surface area (Å²) in [7, 11) is 0. The molecule has 0 spiro atoms. The number of benzene rings is 2. The van der Waals surface area contributed by atoms with Crippen LogP contribution >= 0.6 is 0 Å². The number of rotatable bonds is 3. The molecule has 19 heavy (non-hydrogen) atoms. The number of nitrogens with two attached hydrogens (primary N) is 1. The van der Waals surface area contributed by atoms with E-state index in [4.69, 9.17) is 10.5 Å². The molecule has 0 aliphatic rings. The highest BCUT2D eigenvalue weighted by molar-refractivity contribution is 5.53. The molecule has 0 radical (unpaired) electrons. The molecule has 0 heterocycles. The first-order valence-electron chi connectivity index (χ1n) is 5.32. The monoisotopic (exact) mass is 269 g/mol. The SMILES string of the molecule is Nc1ccccc1Oc1cccc(OC(F)(F)F)c1. The molecule has 2 rings (SSSR count). The topological polar surface area (TPSA) is 44.5 Å². The molecular formula is C13H10F3NO2. The van der Waals surface area contributed by atoms with Crippen molar-refractivity contribution in [3.63, 3.8) is 0 Å². The van der Waals surface area contributed by atoms with Crippen molar-refractivity contribution in [2.75, 3.05) is 5.73 Å². The van der Waals surface area contributed by atoms with Crippen LogP contribution in [-0.4, -0.2) is 6.36 Å². The maximum Gasteiger partial charge on any atom is 0.573 e. The highest BCUT2D eigenvalue weighted by atomic mass is 19.4. The Labute approximate surface area is 107 Å². The van der Waals surface area contributed by atoms with Crippen LogP contribution in [0.15, 0.2) is 48.5 Å². The lowest BCUT2D eigenvalue weighted by atomic mass is 10.3. The van der Waals surface area contributed by atoms with Gasteiger partial charge in [0.25, 0.3) is 0 Å². The Morgan fingerprint density at radius 1 is 0.895 bits per heavy atom. The maximum atomic E-state index is 12.1. The van der Waals surface area contributed by atoms with Gasteiger partial charge in [-0.3, -0.25) is 0 Å². The number of para-hydroxylation sites is 2. The molecule has 0 aliphatic heterocycles. The van der Waals surface area contributed by atoms with Crippen molar-refractivity contribution in [1.82, 2.24) is 0 Å². The molecular weight excluding hydrogens is 259 g/mol. The van der Waals surface area contributed by atoms with Gasteiger partial charge >= 0.3 is 6.36 Å². The number of nitrogen functional groups attached to an aromatic ring is 1. The number of alkyl halides is 3. The van der Waals surface area contributed by atoms with Crippen molar-refractivity contribution in [1.29, 1.82) is 0 Å². The number of hydrogen-bond donors (Lipinski definition) is 1. The second kappa shape index (κ2) is 5.09. The summed E-state index contributed by atoms with van der Waals surface area (Å²) in [5.74, 6) is 0.228. The Kier molecular flexibility index (Phi) is 3.50. The smallest absolute Gasteiger partial charge is 0.455 e. The minimum Gasteiger partial charge on any atom is -0.455 e. The molecule has 100 valence electrons. The number of anilines is 1. The Hall–Kier alpha value is -2.37. The van der Waals surface area contributed by atoms with Gasteiger partial charge in [-0.25, -0.2) is 0 Å². The van der Waals surface area contributed by atoms with Crippen LogP contribution in [0, 0.1) is 0 Å². The van der Waals surface area contributed by atoms with Gasteiger partial charge in [-0.15, -0.1) is 13.2 Å². The Morgan fingerprint density at radius 2 is 1.58 bits per heavy atom. The van der Waals surface area contributed by atoms with Crippen LogP contribution in [0.5, 0.6) is 17.2 Å². The van der Waals surface area contributed by atoms with Gasteiger partial charge in [0.2, 0.25) is 0 Å². The normalized spacial score (nSPS) is 11.1. The molecule has 0 saturated carbocycles. The minimum absolute atomic E-state index is 0.208. The maximum absolute atomic E-state index is 12.1. The van der Waals surface area contributed by atoms with Gasteiger partial charge in [-0.2, -0.15) is 0 Å². The van der Waals surface area contributed by atoms with Crippen LogP contribution in [0.4, 0.5) is 18.9 Å². The lowest BCUT2D eigenvalue weighted by molar-refractivity contribution is -0.274. The molecule has 2 aromatic carbocycles. The summed E-state index contributed by atoms with van der Waals surface area (Å²) >= 11 is 0. The highest BCUT2D eigenvalue weighted by Gasteiger charge is 2.31. The fourth-order valence-electron chi connectivity index (χ4n) is 1.44. The zero-order chi connectivity index (χ0) is 13.9. The first-order chi connectivity index (χ1) is 8.94. The van der Waals surface area contributed by atoms with E-state index in [9.17, 15) is 13.2 Å². The lowest BCUT2D eigenvalue weighted by Gasteiger charge is -2.11. The molecule has 0 aliphatic carbocycles. The number of halogens is 3. The van der Waals surface area contributed by atoms with Crippen molar-refractivity contribution < 1.29 is 22.6 Å². The Bertz CT molecular complexity index is 570. The summed E-state index contributed by atoms with van der Waals surface area (Å²) in [5.41, 5.74) is 6.07. The first-order valence-corrected chi connectivity index (χ1v) is 5.32. The molecule has 0 amide bonds. The fourth-order valence-corrected chi connectivity index (χ4v) is 1.44. The third-order valence-corrected chi connectivity index (χ3v) is 2.19. The van der Waals surface area contributed by atoms with Crippen molar-refractivity contribution in [3.05, 3.63) is 48.5 Å². The fraction of sp³-hybridized carbons (Fsp3) is 0.0769. The number of ether oxygens (including phenoxy) is 2. The zero-order valence-corrected chi connectivity index (χ0v) is 9.65. The first kappa shape index (κ1) is 13.1. The summed E-state index contributed by atoms with van der Waals surface area (Å²) in [6.07, 6.45) is -4.73.